The molecule has 0 spiro atoms. The van der Waals surface area contributed by atoms with E-state index in [1.54, 1.807) is 35.7 Å². The van der Waals surface area contributed by atoms with E-state index in [0.29, 0.717) is 10.6 Å². The Bertz CT molecular complexity index is 865. The highest BCUT2D eigenvalue weighted by atomic mass is 35.5. The van der Waals surface area contributed by atoms with E-state index in [1.807, 2.05) is 0 Å². The molecule has 0 aliphatic carbocycles. The number of halogens is 1. The van der Waals surface area contributed by atoms with Gasteiger partial charge in [-0.2, -0.15) is 0 Å². The average molecular weight is 425 g/mol. The van der Waals surface area contributed by atoms with Gasteiger partial charge in [0.15, 0.2) is 6.61 Å². The maximum atomic E-state index is 11.9. The lowest BCUT2D eigenvalue weighted by molar-refractivity contribution is -0.147. The van der Waals surface area contributed by atoms with Crippen LogP contribution in [0.3, 0.4) is 0 Å². The van der Waals surface area contributed by atoms with Gasteiger partial charge in [0.1, 0.15) is 4.88 Å². The first-order valence-corrected chi connectivity index (χ1v) is 9.31. The predicted molar refractivity (Wildman–Crippen MR) is 104 cm³/mol. The molecular weight excluding hydrogens is 408 g/mol. The van der Waals surface area contributed by atoms with Crippen LogP contribution in [0.5, 0.6) is 0 Å². The lowest BCUT2D eigenvalue weighted by Gasteiger charge is -2.08. The molecule has 10 heteroatoms. The molecule has 0 saturated heterocycles. The zero-order chi connectivity index (χ0) is 20.5. The van der Waals surface area contributed by atoms with Gasteiger partial charge in [0, 0.05) is 17.1 Å². The normalized spacial score (nSPS) is 10.1. The summed E-state index contributed by atoms with van der Waals surface area (Å²) < 4.78 is 9.46. The summed E-state index contributed by atoms with van der Waals surface area (Å²) in [5.74, 6) is -2.17. The fraction of sp³-hybridized carbons (Fsp3) is 0.222. The fourth-order valence-corrected chi connectivity index (χ4v) is 2.94. The van der Waals surface area contributed by atoms with Gasteiger partial charge in [-0.3, -0.25) is 14.4 Å². The molecule has 0 aliphatic rings. The third-order valence-corrected chi connectivity index (χ3v) is 4.54. The van der Waals surface area contributed by atoms with E-state index < -0.39 is 24.5 Å². The summed E-state index contributed by atoms with van der Waals surface area (Å²) >= 11 is 6.87. The number of amides is 2. The number of anilines is 1. The number of methoxy groups -OCH3 is 1. The highest BCUT2D eigenvalue weighted by Crippen LogP contribution is 2.22. The highest BCUT2D eigenvalue weighted by molar-refractivity contribution is 7.12. The molecule has 0 unspecified atom stereocenters. The van der Waals surface area contributed by atoms with Crippen LogP contribution >= 0.6 is 22.9 Å². The average Bonchev–Trinajstić information content (AvgIpc) is 3.14. The van der Waals surface area contributed by atoms with Gasteiger partial charge in [0.05, 0.1) is 19.2 Å². The van der Waals surface area contributed by atoms with Gasteiger partial charge in [-0.25, -0.2) is 4.79 Å². The monoisotopic (exact) mass is 424 g/mol. The zero-order valence-electron chi connectivity index (χ0n) is 14.8. The second-order valence-electron chi connectivity index (χ2n) is 5.38. The Morgan fingerprint density at radius 1 is 1.11 bits per heavy atom. The van der Waals surface area contributed by atoms with Crippen LogP contribution in [0.2, 0.25) is 5.02 Å². The smallest absolute Gasteiger partial charge is 0.350 e. The van der Waals surface area contributed by atoms with Crippen LogP contribution in [-0.4, -0.2) is 44.0 Å². The van der Waals surface area contributed by atoms with Crippen molar-refractivity contribution in [2.75, 3.05) is 25.6 Å². The second kappa shape index (κ2) is 10.4. The summed E-state index contributed by atoms with van der Waals surface area (Å²) in [6.07, 6.45) is -0.0987. The SMILES string of the molecule is COC(=O)c1sccc1NC(=O)COC(=O)CCNC(=O)c1ccc(Cl)cc1. The Balaban J connectivity index is 1.70. The van der Waals surface area contributed by atoms with E-state index in [0.717, 1.165) is 11.3 Å². The number of carbonyl (C=O) groups is 4. The van der Waals surface area contributed by atoms with Crippen molar-refractivity contribution in [3.8, 4) is 0 Å². The number of esters is 2. The van der Waals surface area contributed by atoms with Crippen LogP contribution < -0.4 is 10.6 Å². The second-order valence-corrected chi connectivity index (χ2v) is 6.73. The molecule has 1 aromatic heterocycles. The quantitative estimate of drug-likeness (QED) is 0.630. The van der Waals surface area contributed by atoms with Gasteiger partial charge in [0.2, 0.25) is 0 Å². The molecule has 8 nitrogen and oxygen atoms in total. The van der Waals surface area contributed by atoms with Gasteiger partial charge in [0.25, 0.3) is 11.8 Å². The zero-order valence-corrected chi connectivity index (χ0v) is 16.4. The van der Waals surface area contributed by atoms with E-state index >= 15 is 0 Å². The summed E-state index contributed by atoms with van der Waals surface area (Å²) in [6.45, 7) is -0.459. The molecular formula is C18H17ClN2O6S. The third kappa shape index (κ3) is 6.36. The summed E-state index contributed by atoms with van der Waals surface area (Å²) in [5, 5.41) is 7.18. The molecule has 2 N–H and O–H groups in total. The first kappa shape index (κ1) is 21.4. The van der Waals surface area contributed by atoms with Gasteiger partial charge in [-0.1, -0.05) is 11.6 Å². The lowest BCUT2D eigenvalue weighted by atomic mass is 10.2. The van der Waals surface area contributed by atoms with Crippen LogP contribution in [0, 0.1) is 0 Å². The van der Waals surface area contributed by atoms with E-state index in [1.165, 1.54) is 7.11 Å². The molecule has 0 aliphatic heterocycles. The van der Waals surface area contributed by atoms with Crippen molar-refractivity contribution >= 4 is 52.4 Å². The van der Waals surface area contributed by atoms with Crippen LogP contribution in [0.4, 0.5) is 5.69 Å². The van der Waals surface area contributed by atoms with E-state index in [9.17, 15) is 19.2 Å². The summed E-state index contributed by atoms with van der Waals surface area (Å²) in [5.41, 5.74) is 0.697. The number of hydrogen-bond acceptors (Lipinski definition) is 7. The maximum Gasteiger partial charge on any atom is 0.350 e. The molecule has 0 bridgehead atoms. The number of thiophene rings is 1. The highest BCUT2D eigenvalue weighted by Gasteiger charge is 2.16. The molecule has 1 heterocycles. The lowest BCUT2D eigenvalue weighted by Crippen LogP contribution is -2.27. The first-order valence-electron chi connectivity index (χ1n) is 8.05. The standard InChI is InChI=1S/C18H17ClN2O6S/c1-26-18(25)16-13(7-9-28-16)21-14(22)10-27-15(23)6-8-20-17(24)11-2-4-12(19)5-3-11/h2-5,7,9H,6,8,10H2,1H3,(H,20,24)(H,21,22). The minimum absolute atomic E-state index is 0.0545. The molecule has 2 rings (SSSR count). The molecule has 1 aromatic carbocycles. The Morgan fingerprint density at radius 3 is 2.50 bits per heavy atom. The van der Waals surface area contributed by atoms with Crippen molar-refractivity contribution in [2.45, 2.75) is 6.42 Å². The summed E-state index contributed by atoms with van der Waals surface area (Å²) in [6, 6.07) is 7.84. The Morgan fingerprint density at radius 2 is 1.82 bits per heavy atom. The minimum atomic E-state index is -0.648. The van der Waals surface area contributed by atoms with Crippen molar-refractivity contribution in [3.05, 3.63) is 51.2 Å². The number of ether oxygens (including phenoxy) is 2. The molecule has 0 fully saturated rings. The number of benzene rings is 1. The molecule has 28 heavy (non-hydrogen) atoms. The van der Waals surface area contributed by atoms with Gasteiger partial charge >= 0.3 is 11.9 Å². The maximum absolute atomic E-state index is 11.9. The van der Waals surface area contributed by atoms with E-state index in [-0.39, 0.29) is 29.4 Å². The van der Waals surface area contributed by atoms with Crippen LogP contribution in [-0.2, 0) is 19.1 Å². The molecule has 2 amide bonds. The van der Waals surface area contributed by atoms with Crippen molar-refractivity contribution in [3.63, 3.8) is 0 Å². The topological polar surface area (TPSA) is 111 Å². The molecule has 2 aromatic rings. The summed E-state index contributed by atoms with van der Waals surface area (Å²) in [4.78, 5) is 47.2. The third-order valence-electron chi connectivity index (χ3n) is 3.40. The Labute approximate surface area is 169 Å². The first-order chi connectivity index (χ1) is 13.4. The Kier molecular flexibility index (Phi) is 7.97. The van der Waals surface area contributed by atoms with Crippen molar-refractivity contribution in [2.24, 2.45) is 0 Å². The number of hydrogen-bond donors (Lipinski definition) is 2. The van der Waals surface area contributed by atoms with Crippen molar-refractivity contribution < 1.29 is 28.7 Å². The number of carbonyl (C=O) groups excluding carboxylic acids is 4. The van der Waals surface area contributed by atoms with Gasteiger partial charge in [-0.05, 0) is 35.7 Å². The Hall–Kier alpha value is -2.91. The van der Waals surface area contributed by atoms with Gasteiger partial charge in [-0.15, -0.1) is 11.3 Å². The fourth-order valence-electron chi connectivity index (χ4n) is 2.04. The largest absolute Gasteiger partial charge is 0.465 e. The van der Waals surface area contributed by atoms with Crippen molar-refractivity contribution in [1.82, 2.24) is 5.32 Å². The van der Waals surface area contributed by atoms with E-state index in [2.05, 4.69) is 15.4 Å². The van der Waals surface area contributed by atoms with Crippen LogP contribution in [0.15, 0.2) is 35.7 Å². The van der Waals surface area contributed by atoms with Crippen LogP contribution in [0.1, 0.15) is 26.5 Å². The number of rotatable bonds is 8. The molecule has 0 radical (unpaired) electrons. The van der Waals surface area contributed by atoms with Gasteiger partial charge < -0.3 is 20.1 Å². The summed E-state index contributed by atoms with van der Waals surface area (Å²) in [7, 11) is 1.24. The van der Waals surface area contributed by atoms with Crippen molar-refractivity contribution in [1.29, 1.82) is 0 Å². The number of nitrogens with one attached hydrogen (secondary N) is 2. The molecule has 0 atom stereocenters. The molecule has 148 valence electrons. The predicted octanol–water partition coefficient (Wildman–Crippen LogP) is 2.49. The molecule has 0 saturated carbocycles. The van der Waals surface area contributed by atoms with Crippen LogP contribution in [0.25, 0.3) is 0 Å². The minimum Gasteiger partial charge on any atom is -0.465 e. The van der Waals surface area contributed by atoms with E-state index in [4.69, 9.17) is 16.3 Å².